The molecule has 0 aromatic carbocycles. The van der Waals surface area contributed by atoms with Crippen molar-refractivity contribution in [3.8, 4) is 0 Å². The van der Waals surface area contributed by atoms with Gasteiger partial charge in [-0.15, -0.1) is 0 Å². The van der Waals surface area contributed by atoms with Crippen LogP contribution in [0.3, 0.4) is 0 Å². The Hall–Kier alpha value is -0.790. The van der Waals surface area contributed by atoms with Gasteiger partial charge < -0.3 is 5.32 Å². The fourth-order valence-corrected chi connectivity index (χ4v) is 0.551. The maximum absolute atomic E-state index is 12.6. The Labute approximate surface area is 47.9 Å². The molecule has 44 valence electrons. The first kappa shape index (κ1) is 5.35. The van der Waals surface area contributed by atoms with Crippen LogP contribution in [0.4, 0.5) is 4.39 Å². The van der Waals surface area contributed by atoms with Crippen LogP contribution < -0.4 is 5.32 Å². The summed E-state index contributed by atoms with van der Waals surface area (Å²) in [6.45, 7) is 1.47. The van der Waals surface area contributed by atoms with Crippen LogP contribution in [0.15, 0.2) is 24.4 Å². The van der Waals surface area contributed by atoms with E-state index in [1.807, 2.05) is 0 Å². The Morgan fingerprint density at radius 3 is 2.50 bits per heavy atom. The maximum atomic E-state index is 12.6. The number of halogens is 1. The zero-order valence-electron chi connectivity index (χ0n) is 4.69. The van der Waals surface area contributed by atoms with Crippen LogP contribution in [0.25, 0.3) is 0 Å². The molecule has 1 N–H and O–H groups in total. The van der Waals surface area contributed by atoms with Gasteiger partial charge in [-0.05, 0) is 25.3 Å². The SMILES string of the molecule is CC1(F)C=CC=CN1. The first-order valence-electron chi connectivity index (χ1n) is 2.52. The van der Waals surface area contributed by atoms with Crippen molar-refractivity contribution in [3.05, 3.63) is 24.4 Å². The smallest absolute Gasteiger partial charge is 0.196 e. The summed E-state index contributed by atoms with van der Waals surface area (Å²) in [4.78, 5) is 0. The highest BCUT2D eigenvalue weighted by Crippen LogP contribution is 2.09. The lowest BCUT2D eigenvalue weighted by Gasteiger charge is -2.17. The van der Waals surface area contributed by atoms with Gasteiger partial charge in [-0.25, -0.2) is 4.39 Å². The van der Waals surface area contributed by atoms with Crippen LogP contribution in [-0.2, 0) is 0 Å². The van der Waals surface area contributed by atoms with Crippen LogP contribution in [0.1, 0.15) is 6.92 Å². The molecule has 1 aliphatic rings. The van der Waals surface area contributed by atoms with Crippen LogP contribution in [0.2, 0.25) is 0 Å². The van der Waals surface area contributed by atoms with Gasteiger partial charge in [-0.3, -0.25) is 0 Å². The van der Waals surface area contributed by atoms with E-state index in [9.17, 15) is 4.39 Å². The summed E-state index contributed by atoms with van der Waals surface area (Å²) >= 11 is 0. The first-order chi connectivity index (χ1) is 3.71. The van der Waals surface area contributed by atoms with Gasteiger partial charge in [-0.1, -0.05) is 6.08 Å². The molecule has 1 atom stereocenters. The number of hydrogen-bond donors (Lipinski definition) is 1. The van der Waals surface area contributed by atoms with Crippen molar-refractivity contribution in [1.82, 2.24) is 5.32 Å². The Morgan fingerprint density at radius 1 is 1.50 bits per heavy atom. The lowest BCUT2D eigenvalue weighted by molar-refractivity contribution is 0.224. The van der Waals surface area contributed by atoms with Gasteiger partial charge in [0.15, 0.2) is 5.79 Å². The van der Waals surface area contributed by atoms with Crippen molar-refractivity contribution in [2.75, 3.05) is 0 Å². The Balaban J connectivity index is 2.65. The largest absolute Gasteiger partial charge is 0.357 e. The van der Waals surface area contributed by atoms with E-state index >= 15 is 0 Å². The molecule has 2 heteroatoms. The summed E-state index contributed by atoms with van der Waals surface area (Å²) < 4.78 is 12.6. The molecule has 0 aromatic heterocycles. The second kappa shape index (κ2) is 1.62. The minimum Gasteiger partial charge on any atom is -0.357 e. The van der Waals surface area contributed by atoms with Crippen molar-refractivity contribution in [2.24, 2.45) is 0 Å². The predicted octanol–water partition coefficient (Wildman–Crippen LogP) is 1.35. The Bertz CT molecular complexity index is 135. The molecule has 0 saturated heterocycles. The van der Waals surface area contributed by atoms with E-state index in [0.717, 1.165) is 0 Å². The van der Waals surface area contributed by atoms with E-state index in [2.05, 4.69) is 5.32 Å². The van der Waals surface area contributed by atoms with E-state index in [0.29, 0.717) is 0 Å². The summed E-state index contributed by atoms with van der Waals surface area (Å²) in [6, 6.07) is 0. The number of allylic oxidation sites excluding steroid dienone is 2. The third kappa shape index (κ3) is 1.09. The van der Waals surface area contributed by atoms with Crippen molar-refractivity contribution >= 4 is 0 Å². The molecular formula is C6H8FN. The van der Waals surface area contributed by atoms with E-state index in [-0.39, 0.29) is 0 Å². The molecule has 1 unspecified atom stereocenters. The molecule has 1 nitrogen and oxygen atoms in total. The lowest BCUT2D eigenvalue weighted by atomic mass is 10.2. The number of rotatable bonds is 0. The lowest BCUT2D eigenvalue weighted by Crippen LogP contribution is -2.32. The third-order valence-corrected chi connectivity index (χ3v) is 0.982. The first-order valence-corrected chi connectivity index (χ1v) is 2.52. The zero-order valence-corrected chi connectivity index (χ0v) is 4.69. The van der Waals surface area contributed by atoms with Gasteiger partial charge in [0.2, 0.25) is 0 Å². The predicted molar refractivity (Wildman–Crippen MR) is 30.9 cm³/mol. The van der Waals surface area contributed by atoms with E-state index in [4.69, 9.17) is 0 Å². The van der Waals surface area contributed by atoms with Crippen molar-refractivity contribution in [3.63, 3.8) is 0 Å². The van der Waals surface area contributed by atoms with Crippen molar-refractivity contribution in [2.45, 2.75) is 12.7 Å². The molecule has 0 saturated carbocycles. The summed E-state index contributed by atoms with van der Waals surface area (Å²) in [6.07, 6.45) is 6.48. The van der Waals surface area contributed by atoms with E-state index in [1.54, 1.807) is 18.4 Å². The van der Waals surface area contributed by atoms with Gasteiger partial charge >= 0.3 is 0 Å². The molecule has 0 fully saturated rings. The van der Waals surface area contributed by atoms with Gasteiger partial charge in [0.25, 0.3) is 0 Å². The third-order valence-electron chi connectivity index (χ3n) is 0.982. The number of hydrogen-bond acceptors (Lipinski definition) is 1. The highest BCUT2D eigenvalue weighted by Gasteiger charge is 2.16. The van der Waals surface area contributed by atoms with Crippen molar-refractivity contribution < 1.29 is 4.39 Å². The second-order valence-corrected chi connectivity index (χ2v) is 1.94. The molecule has 1 rings (SSSR count). The Kier molecular flexibility index (Phi) is 1.08. The molecule has 0 amide bonds. The summed E-state index contributed by atoms with van der Waals surface area (Å²) in [7, 11) is 0. The molecule has 0 radical (unpaired) electrons. The average Bonchev–Trinajstić information content (AvgIpc) is 1.65. The molecule has 1 heterocycles. The van der Waals surface area contributed by atoms with Gasteiger partial charge in [0, 0.05) is 0 Å². The molecule has 1 aliphatic heterocycles. The highest BCUT2D eigenvalue weighted by molar-refractivity contribution is 5.14. The topological polar surface area (TPSA) is 12.0 Å². The van der Waals surface area contributed by atoms with Gasteiger partial charge in [0.1, 0.15) is 0 Å². The number of alkyl halides is 1. The highest BCUT2D eigenvalue weighted by atomic mass is 19.1. The number of dihydropyridines is 1. The van der Waals surface area contributed by atoms with Gasteiger partial charge in [-0.2, -0.15) is 0 Å². The fourth-order valence-electron chi connectivity index (χ4n) is 0.551. The standard InChI is InChI=1S/C6H8FN/c1-6(7)4-2-3-5-8-6/h2-5,8H,1H3. The van der Waals surface area contributed by atoms with Crippen LogP contribution >= 0.6 is 0 Å². The van der Waals surface area contributed by atoms with Crippen LogP contribution in [-0.4, -0.2) is 5.79 Å². The normalized spacial score (nSPS) is 34.8. The minimum atomic E-state index is -1.34. The fraction of sp³-hybridized carbons (Fsp3) is 0.333. The average molecular weight is 113 g/mol. The summed E-state index contributed by atoms with van der Waals surface area (Å²) in [5, 5.41) is 2.52. The minimum absolute atomic E-state index is 1.34. The molecule has 0 bridgehead atoms. The van der Waals surface area contributed by atoms with Crippen molar-refractivity contribution in [1.29, 1.82) is 0 Å². The quantitative estimate of drug-likeness (QED) is 0.467. The number of nitrogens with one attached hydrogen (secondary N) is 1. The summed E-state index contributed by atoms with van der Waals surface area (Å²) in [5.41, 5.74) is 0. The molecule has 8 heavy (non-hydrogen) atoms. The molecule has 0 aromatic rings. The molecular weight excluding hydrogens is 105 g/mol. The second-order valence-electron chi connectivity index (χ2n) is 1.94. The molecule has 0 aliphatic carbocycles. The Morgan fingerprint density at radius 2 is 2.25 bits per heavy atom. The maximum Gasteiger partial charge on any atom is 0.196 e. The zero-order chi connectivity index (χ0) is 6.04. The van der Waals surface area contributed by atoms with E-state index < -0.39 is 5.79 Å². The van der Waals surface area contributed by atoms with E-state index in [1.165, 1.54) is 13.0 Å². The van der Waals surface area contributed by atoms with Crippen LogP contribution in [0, 0.1) is 0 Å². The van der Waals surface area contributed by atoms with Gasteiger partial charge in [0.05, 0.1) is 0 Å². The summed E-state index contributed by atoms with van der Waals surface area (Å²) in [5.74, 6) is -1.34. The monoisotopic (exact) mass is 113 g/mol. The molecule has 0 spiro atoms. The van der Waals surface area contributed by atoms with Crippen LogP contribution in [0.5, 0.6) is 0 Å².